The van der Waals surface area contributed by atoms with Crippen molar-refractivity contribution in [3.05, 3.63) is 34.9 Å². The van der Waals surface area contributed by atoms with Crippen molar-refractivity contribution >= 4 is 0 Å². The third-order valence-corrected chi connectivity index (χ3v) is 3.28. The average Bonchev–Trinajstić information content (AvgIpc) is 2.15. The number of hydrogen-bond donors (Lipinski definition) is 2. The average molecular weight is 218 g/mol. The van der Waals surface area contributed by atoms with E-state index < -0.39 is 0 Å². The predicted molar refractivity (Wildman–Crippen MR) is 68.7 cm³/mol. The highest BCUT2D eigenvalue weighted by atomic mass is 15.1. The lowest BCUT2D eigenvalue weighted by atomic mass is 9.93. The Bertz CT molecular complexity index is 382. The van der Waals surface area contributed by atoms with Gasteiger partial charge in [-0.15, -0.1) is 0 Å². The Kier molecular flexibility index (Phi) is 3.04. The van der Waals surface area contributed by atoms with Gasteiger partial charge in [0.2, 0.25) is 0 Å². The molecule has 1 aliphatic heterocycles. The maximum absolute atomic E-state index is 3.71. The molecule has 2 nitrogen and oxygen atoms in total. The summed E-state index contributed by atoms with van der Waals surface area (Å²) in [5, 5.41) is 7.21. The lowest BCUT2D eigenvalue weighted by Gasteiger charge is -2.38. The molecule has 1 aromatic carbocycles. The van der Waals surface area contributed by atoms with Crippen molar-refractivity contribution in [1.29, 1.82) is 0 Å². The number of hydrogen-bond acceptors (Lipinski definition) is 2. The quantitative estimate of drug-likeness (QED) is 0.756. The van der Waals surface area contributed by atoms with E-state index in [9.17, 15) is 0 Å². The highest BCUT2D eigenvalue weighted by Gasteiger charge is 2.27. The maximum Gasteiger partial charge on any atom is 0.0453 e. The van der Waals surface area contributed by atoms with Crippen LogP contribution < -0.4 is 10.6 Å². The molecule has 16 heavy (non-hydrogen) atoms. The molecule has 0 aromatic heterocycles. The first-order valence-corrected chi connectivity index (χ1v) is 6.03. The van der Waals surface area contributed by atoms with E-state index in [-0.39, 0.29) is 5.54 Å². The van der Waals surface area contributed by atoms with Crippen molar-refractivity contribution in [2.24, 2.45) is 0 Å². The van der Waals surface area contributed by atoms with E-state index >= 15 is 0 Å². The summed E-state index contributed by atoms with van der Waals surface area (Å²) >= 11 is 0. The van der Waals surface area contributed by atoms with Gasteiger partial charge in [0.1, 0.15) is 0 Å². The molecular weight excluding hydrogens is 196 g/mol. The second-order valence-corrected chi connectivity index (χ2v) is 5.57. The molecule has 2 heteroatoms. The van der Waals surface area contributed by atoms with Gasteiger partial charge in [-0.3, -0.25) is 0 Å². The first kappa shape index (κ1) is 11.6. The minimum Gasteiger partial charge on any atom is -0.313 e. The first-order chi connectivity index (χ1) is 7.48. The lowest BCUT2D eigenvalue weighted by Crippen LogP contribution is -2.56. The van der Waals surface area contributed by atoms with Crippen LogP contribution in [0.25, 0.3) is 0 Å². The summed E-state index contributed by atoms with van der Waals surface area (Å²) in [7, 11) is 0. The molecule has 1 aromatic rings. The van der Waals surface area contributed by atoms with Gasteiger partial charge in [0.05, 0.1) is 0 Å². The van der Waals surface area contributed by atoms with E-state index in [1.807, 2.05) is 0 Å². The van der Waals surface area contributed by atoms with Gasteiger partial charge in [-0.2, -0.15) is 0 Å². The predicted octanol–water partition coefficient (Wildman–Crippen LogP) is 2.32. The summed E-state index contributed by atoms with van der Waals surface area (Å²) in [5.74, 6) is 0. The Morgan fingerprint density at radius 3 is 2.62 bits per heavy atom. The van der Waals surface area contributed by atoms with E-state index in [0.717, 1.165) is 13.1 Å². The van der Waals surface area contributed by atoms with Gasteiger partial charge < -0.3 is 10.6 Å². The van der Waals surface area contributed by atoms with Crippen LogP contribution in [0.15, 0.2) is 18.2 Å². The summed E-state index contributed by atoms with van der Waals surface area (Å²) < 4.78 is 0. The highest BCUT2D eigenvalue weighted by molar-refractivity contribution is 5.33. The van der Waals surface area contributed by atoms with Crippen LogP contribution in [0, 0.1) is 13.8 Å². The van der Waals surface area contributed by atoms with Gasteiger partial charge in [-0.1, -0.05) is 23.8 Å². The van der Waals surface area contributed by atoms with E-state index in [1.165, 1.54) is 16.7 Å². The minimum absolute atomic E-state index is 0.181. The molecule has 2 N–H and O–H groups in total. The standard InChI is InChI=1S/C14H22N2/c1-10-5-6-12(11(2)7-10)13-8-15-9-14(3,4)16-13/h5-7,13,15-16H,8-9H2,1-4H3. The monoisotopic (exact) mass is 218 g/mol. The van der Waals surface area contributed by atoms with Gasteiger partial charge in [0.25, 0.3) is 0 Å². The molecule has 1 fully saturated rings. The van der Waals surface area contributed by atoms with Crippen LogP contribution in [0.1, 0.15) is 36.6 Å². The minimum atomic E-state index is 0.181. The summed E-state index contributed by atoms with van der Waals surface area (Å²) in [6.07, 6.45) is 0. The Morgan fingerprint density at radius 1 is 1.25 bits per heavy atom. The molecule has 0 aliphatic carbocycles. The van der Waals surface area contributed by atoms with E-state index in [4.69, 9.17) is 0 Å². The largest absolute Gasteiger partial charge is 0.313 e. The summed E-state index contributed by atoms with van der Waals surface area (Å²) in [5.41, 5.74) is 4.33. The molecule has 0 spiro atoms. The van der Waals surface area contributed by atoms with Crippen molar-refractivity contribution < 1.29 is 0 Å². The zero-order chi connectivity index (χ0) is 11.8. The molecule has 1 saturated heterocycles. The fourth-order valence-electron chi connectivity index (χ4n) is 2.51. The molecule has 1 aliphatic rings. The fraction of sp³-hybridized carbons (Fsp3) is 0.571. The SMILES string of the molecule is Cc1ccc(C2CNCC(C)(C)N2)c(C)c1. The third kappa shape index (κ3) is 2.45. The van der Waals surface area contributed by atoms with Crippen molar-refractivity contribution in [1.82, 2.24) is 10.6 Å². The van der Waals surface area contributed by atoms with Crippen LogP contribution in [0.3, 0.4) is 0 Å². The molecule has 2 rings (SSSR count). The molecule has 0 amide bonds. The van der Waals surface area contributed by atoms with Crippen LogP contribution in [0.4, 0.5) is 0 Å². The van der Waals surface area contributed by atoms with E-state index in [0.29, 0.717) is 6.04 Å². The molecule has 1 atom stereocenters. The second-order valence-electron chi connectivity index (χ2n) is 5.57. The number of benzene rings is 1. The van der Waals surface area contributed by atoms with Gasteiger partial charge in [0.15, 0.2) is 0 Å². The van der Waals surface area contributed by atoms with Crippen LogP contribution in [-0.2, 0) is 0 Å². The topological polar surface area (TPSA) is 24.1 Å². The Morgan fingerprint density at radius 2 is 2.00 bits per heavy atom. The van der Waals surface area contributed by atoms with Gasteiger partial charge >= 0.3 is 0 Å². The number of piperazine rings is 1. The lowest BCUT2D eigenvalue weighted by molar-refractivity contribution is 0.264. The smallest absolute Gasteiger partial charge is 0.0453 e. The van der Waals surface area contributed by atoms with Crippen LogP contribution >= 0.6 is 0 Å². The summed E-state index contributed by atoms with van der Waals surface area (Å²) in [6.45, 7) is 10.9. The van der Waals surface area contributed by atoms with Crippen LogP contribution in [-0.4, -0.2) is 18.6 Å². The summed E-state index contributed by atoms with van der Waals surface area (Å²) in [6, 6.07) is 7.15. The van der Waals surface area contributed by atoms with Crippen LogP contribution in [0.5, 0.6) is 0 Å². The van der Waals surface area contributed by atoms with Gasteiger partial charge in [-0.25, -0.2) is 0 Å². The van der Waals surface area contributed by atoms with E-state index in [1.54, 1.807) is 0 Å². The van der Waals surface area contributed by atoms with Crippen molar-refractivity contribution in [2.75, 3.05) is 13.1 Å². The van der Waals surface area contributed by atoms with E-state index in [2.05, 4.69) is 56.5 Å². The highest BCUT2D eigenvalue weighted by Crippen LogP contribution is 2.23. The normalized spacial score (nSPS) is 24.4. The molecule has 1 unspecified atom stereocenters. The Labute approximate surface area is 98.4 Å². The third-order valence-electron chi connectivity index (χ3n) is 3.28. The van der Waals surface area contributed by atoms with Gasteiger partial charge in [0, 0.05) is 24.7 Å². The molecule has 0 radical (unpaired) electrons. The maximum atomic E-state index is 3.71. The Balaban J connectivity index is 2.23. The zero-order valence-corrected chi connectivity index (χ0v) is 10.7. The summed E-state index contributed by atoms with van der Waals surface area (Å²) in [4.78, 5) is 0. The second kappa shape index (κ2) is 4.19. The molecule has 88 valence electrons. The van der Waals surface area contributed by atoms with Crippen molar-refractivity contribution in [2.45, 2.75) is 39.3 Å². The number of nitrogens with one attached hydrogen (secondary N) is 2. The molecule has 0 saturated carbocycles. The molecular formula is C14H22N2. The molecule has 0 bridgehead atoms. The zero-order valence-electron chi connectivity index (χ0n) is 10.7. The van der Waals surface area contributed by atoms with Crippen LogP contribution in [0.2, 0.25) is 0 Å². The van der Waals surface area contributed by atoms with Gasteiger partial charge in [-0.05, 0) is 38.8 Å². The number of rotatable bonds is 1. The fourth-order valence-corrected chi connectivity index (χ4v) is 2.51. The van der Waals surface area contributed by atoms with Crippen molar-refractivity contribution in [3.63, 3.8) is 0 Å². The Hall–Kier alpha value is -0.860. The first-order valence-electron chi connectivity index (χ1n) is 6.03. The van der Waals surface area contributed by atoms with Crippen molar-refractivity contribution in [3.8, 4) is 0 Å². The molecule has 1 heterocycles. The number of aryl methyl sites for hydroxylation is 2.